The molecule has 0 N–H and O–H groups in total. The van der Waals surface area contributed by atoms with Crippen molar-refractivity contribution < 1.29 is 0 Å². The molecule has 0 aromatic carbocycles. The molecule has 0 fully saturated rings. The summed E-state index contributed by atoms with van der Waals surface area (Å²) in [5.41, 5.74) is 0.0306. The van der Waals surface area contributed by atoms with Gasteiger partial charge in [0.2, 0.25) is 0 Å². The second-order valence-electron chi connectivity index (χ2n) is 3.02. The smallest absolute Gasteiger partial charge is 0.281 e. The summed E-state index contributed by atoms with van der Waals surface area (Å²) < 4.78 is 2.49. The fourth-order valence-electron chi connectivity index (χ4n) is 1.47. The first-order valence-electron chi connectivity index (χ1n) is 3.94. The fraction of sp³-hybridized carbons (Fsp3) is 0.375. The molecule has 1 aliphatic heterocycles. The van der Waals surface area contributed by atoms with E-state index in [9.17, 15) is 9.59 Å². The predicted molar refractivity (Wildman–Crippen MR) is 48.8 cm³/mol. The summed E-state index contributed by atoms with van der Waals surface area (Å²) >= 11 is 0. The highest BCUT2D eigenvalue weighted by molar-refractivity contribution is 5.73. The molecule has 68 valence electrons. The summed E-state index contributed by atoms with van der Waals surface area (Å²) in [4.78, 5) is 26.9. The number of aromatic nitrogens is 2. The molecule has 1 aliphatic rings. The lowest BCUT2D eigenvalue weighted by atomic mass is 10.2. The third kappa shape index (κ3) is 0.898. The highest BCUT2D eigenvalue weighted by Crippen LogP contribution is 2.16. The molecule has 0 saturated heterocycles. The topological polar surface area (TPSA) is 56.4 Å². The Kier molecular flexibility index (Phi) is 1.48. The van der Waals surface area contributed by atoms with Crippen molar-refractivity contribution in [2.24, 2.45) is 19.1 Å². The van der Waals surface area contributed by atoms with E-state index in [0.717, 1.165) is 4.57 Å². The average Bonchev–Trinajstić information content (AvgIpc) is 2.59. The first kappa shape index (κ1) is 7.97. The van der Waals surface area contributed by atoms with Crippen molar-refractivity contribution in [3.05, 3.63) is 26.4 Å². The van der Waals surface area contributed by atoms with Crippen molar-refractivity contribution in [3.63, 3.8) is 0 Å². The largest absolute Gasteiger partial charge is 0.332 e. The van der Waals surface area contributed by atoms with Crippen LogP contribution in [-0.4, -0.2) is 15.3 Å². The van der Waals surface area contributed by atoms with Crippen LogP contribution in [0.5, 0.6) is 0 Å². The maximum Gasteiger partial charge on any atom is 0.332 e. The van der Waals surface area contributed by atoms with Crippen LogP contribution in [0.15, 0.2) is 14.6 Å². The SMILES string of the molecule is Cn1c2c(c(=O)n(C)c1=O)CC=N2. The Labute approximate surface area is 74.0 Å². The van der Waals surface area contributed by atoms with Crippen LogP contribution in [0.25, 0.3) is 0 Å². The molecule has 1 aromatic heterocycles. The Morgan fingerprint density at radius 1 is 1.31 bits per heavy atom. The van der Waals surface area contributed by atoms with Crippen LogP contribution < -0.4 is 11.2 Å². The molecular formula is C8H9N3O2. The zero-order chi connectivity index (χ0) is 9.59. The summed E-state index contributed by atoms with van der Waals surface area (Å²) in [5, 5.41) is 0. The van der Waals surface area contributed by atoms with Gasteiger partial charge in [-0.15, -0.1) is 0 Å². The van der Waals surface area contributed by atoms with Gasteiger partial charge in [-0.2, -0.15) is 0 Å². The Bertz CT molecular complexity index is 507. The normalized spacial score (nSPS) is 13.4. The Balaban J connectivity index is 2.99. The van der Waals surface area contributed by atoms with Crippen LogP contribution in [0.3, 0.4) is 0 Å². The van der Waals surface area contributed by atoms with Crippen LogP contribution in [0.1, 0.15) is 5.56 Å². The van der Waals surface area contributed by atoms with Crippen molar-refractivity contribution in [1.29, 1.82) is 0 Å². The number of rotatable bonds is 0. The summed E-state index contributed by atoms with van der Waals surface area (Å²) in [6.45, 7) is 0. The van der Waals surface area contributed by atoms with Crippen molar-refractivity contribution in [1.82, 2.24) is 9.13 Å². The van der Waals surface area contributed by atoms with E-state index >= 15 is 0 Å². The molecule has 5 nitrogen and oxygen atoms in total. The molecule has 0 unspecified atom stereocenters. The molecule has 0 radical (unpaired) electrons. The maximum absolute atomic E-state index is 11.5. The van der Waals surface area contributed by atoms with E-state index in [4.69, 9.17) is 0 Å². The van der Waals surface area contributed by atoms with Crippen molar-refractivity contribution >= 4 is 12.0 Å². The van der Waals surface area contributed by atoms with Gasteiger partial charge in [-0.1, -0.05) is 0 Å². The summed E-state index contributed by atoms with van der Waals surface area (Å²) in [7, 11) is 3.09. The van der Waals surface area contributed by atoms with Gasteiger partial charge in [-0.05, 0) is 0 Å². The summed E-state index contributed by atoms with van der Waals surface area (Å²) in [5.74, 6) is 0.494. The highest BCUT2D eigenvalue weighted by atomic mass is 16.2. The molecule has 2 heterocycles. The summed E-state index contributed by atoms with van der Waals surface area (Å²) in [6.07, 6.45) is 2.17. The first-order valence-corrected chi connectivity index (χ1v) is 3.94. The zero-order valence-corrected chi connectivity index (χ0v) is 7.44. The standard InChI is InChI=1S/C8H9N3O2/c1-10-6-5(3-4-9-6)7(12)11(2)8(10)13/h4H,3H2,1-2H3. The number of hydrogen-bond donors (Lipinski definition) is 0. The minimum absolute atomic E-state index is 0.240. The molecule has 5 heteroatoms. The monoisotopic (exact) mass is 179 g/mol. The fourth-order valence-corrected chi connectivity index (χ4v) is 1.47. The number of hydrogen-bond acceptors (Lipinski definition) is 3. The molecule has 0 aliphatic carbocycles. The van der Waals surface area contributed by atoms with Gasteiger partial charge in [0.25, 0.3) is 5.56 Å². The van der Waals surface area contributed by atoms with E-state index in [1.807, 2.05) is 0 Å². The van der Waals surface area contributed by atoms with Crippen LogP contribution >= 0.6 is 0 Å². The maximum atomic E-state index is 11.5. The van der Waals surface area contributed by atoms with E-state index in [-0.39, 0.29) is 11.2 Å². The van der Waals surface area contributed by atoms with Gasteiger partial charge in [0, 0.05) is 26.7 Å². The Morgan fingerprint density at radius 2 is 2.00 bits per heavy atom. The summed E-state index contributed by atoms with van der Waals surface area (Å²) in [6, 6.07) is 0. The van der Waals surface area contributed by atoms with E-state index < -0.39 is 0 Å². The molecule has 0 atom stereocenters. The van der Waals surface area contributed by atoms with Crippen molar-refractivity contribution in [2.45, 2.75) is 6.42 Å². The van der Waals surface area contributed by atoms with Crippen molar-refractivity contribution in [3.8, 4) is 0 Å². The second kappa shape index (κ2) is 2.42. The van der Waals surface area contributed by atoms with Crippen LogP contribution in [-0.2, 0) is 20.5 Å². The van der Waals surface area contributed by atoms with E-state index in [2.05, 4.69) is 4.99 Å². The molecule has 13 heavy (non-hydrogen) atoms. The van der Waals surface area contributed by atoms with Gasteiger partial charge in [0.15, 0.2) is 0 Å². The molecule has 0 saturated carbocycles. The lowest BCUT2D eigenvalue weighted by molar-refractivity contribution is 0.682. The molecule has 1 aromatic rings. The number of nitrogens with zero attached hydrogens (tertiary/aromatic N) is 3. The van der Waals surface area contributed by atoms with E-state index in [1.54, 1.807) is 13.3 Å². The Hall–Kier alpha value is -1.65. The van der Waals surface area contributed by atoms with Crippen LogP contribution in [0.4, 0.5) is 5.82 Å². The molecule has 0 amide bonds. The zero-order valence-electron chi connectivity index (χ0n) is 7.44. The third-order valence-electron chi connectivity index (χ3n) is 2.23. The highest BCUT2D eigenvalue weighted by Gasteiger charge is 2.16. The van der Waals surface area contributed by atoms with Gasteiger partial charge in [0.05, 0.1) is 5.56 Å². The third-order valence-corrected chi connectivity index (χ3v) is 2.23. The second-order valence-corrected chi connectivity index (χ2v) is 3.02. The average molecular weight is 179 g/mol. The van der Waals surface area contributed by atoms with E-state index in [1.165, 1.54) is 11.6 Å². The lowest BCUT2D eigenvalue weighted by Gasteiger charge is -2.05. The molecule has 2 rings (SSSR count). The lowest BCUT2D eigenvalue weighted by Crippen LogP contribution is -2.38. The number of aliphatic imine (C=N–C) groups is 1. The minimum Gasteiger partial charge on any atom is -0.281 e. The van der Waals surface area contributed by atoms with E-state index in [0.29, 0.717) is 17.8 Å². The molecule has 0 spiro atoms. The van der Waals surface area contributed by atoms with Gasteiger partial charge in [-0.25, -0.2) is 9.79 Å². The van der Waals surface area contributed by atoms with Gasteiger partial charge < -0.3 is 0 Å². The van der Waals surface area contributed by atoms with Crippen LogP contribution in [0, 0.1) is 0 Å². The molecule has 0 bridgehead atoms. The Morgan fingerprint density at radius 3 is 2.69 bits per heavy atom. The predicted octanol–water partition coefficient (Wildman–Crippen LogP) is -0.658. The van der Waals surface area contributed by atoms with Gasteiger partial charge in [-0.3, -0.25) is 13.9 Å². The number of fused-ring (bicyclic) bond motifs is 1. The molecular weight excluding hydrogens is 170 g/mol. The minimum atomic E-state index is -0.331. The van der Waals surface area contributed by atoms with Gasteiger partial charge >= 0.3 is 5.69 Å². The quantitative estimate of drug-likeness (QED) is 0.531. The van der Waals surface area contributed by atoms with Crippen LogP contribution in [0.2, 0.25) is 0 Å². The van der Waals surface area contributed by atoms with Gasteiger partial charge in [0.1, 0.15) is 5.82 Å². The first-order chi connectivity index (χ1) is 6.13. The van der Waals surface area contributed by atoms with Crippen molar-refractivity contribution in [2.75, 3.05) is 0 Å².